The van der Waals surface area contributed by atoms with Gasteiger partial charge in [0.25, 0.3) is 0 Å². The highest BCUT2D eigenvalue weighted by Gasteiger charge is 2.25. The average molecular weight is 437 g/mol. The Balaban J connectivity index is 1.57. The number of rotatable bonds is 5. The van der Waals surface area contributed by atoms with Crippen LogP contribution < -0.4 is 9.64 Å². The third-order valence-corrected chi connectivity index (χ3v) is 6.27. The molecule has 158 valence electrons. The van der Waals surface area contributed by atoms with Gasteiger partial charge in [0.2, 0.25) is 5.88 Å². The zero-order chi connectivity index (χ0) is 21.4. The second-order valence-corrected chi connectivity index (χ2v) is 8.61. The Morgan fingerprint density at radius 2 is 2.00 bits per heavy atom. The summed E-state index contributed by atoms with van der Waals surface area (Å²) < 4.78 is 18.5. The highest BCUT2D eigenvalue weighted by Crippen LogP contribution is 2.37. The second kappa shape index (κ2) is 8.20. The highest BCUT2D eigenvalue weighted by atomic mass is 32.2. The van der Waals surface area contributed by atoms with Crippen LogP contribution in [-0.4, -0.2) is 46.4 Å². The zero-order valence-electron chi connectivity index (χ0n) is 16.9. The van der Waals surface area contributed by atoms with Crippen molar-refractivity contribution in [2.45, 2.75) is 22.3 Å². The van der Waals surface area contributed by atoms with Crippen LogP contribution in [0.4, 0.5) is 10.2 Å². The first kappa shape index (κ1) is 19.8. The number of aliphatic hydroxyl groups excluding tert-OH is 1. The first-order valence-electron chi connectivity index (χ1n) is 9.99. The van der Waals surface area contributed by atoms with Crippen LogP contribution in [0.1, 0.15) is 6.42 Å². The van der Waals surface area contributed by atoms with Gasteiger partial charge in [-0.3, -0.25) is 0 Å². The Labute approximate surface area is 183 Å². The van der Waals surface area contributed by atoms with E-state index in [0.717, 1.165) is 50.9 Å². The number of nitrogens with zero attached hydrogens (tertiary/aromatic N) is 3. The van der Waals surface area contributed by atoms with Crippen molar-refractivity contribution < 1.29 is 14.2 Å². The number of ether oxygens (including phenoxy) is 1. The van der Waals surface area contributed by atoms with Crippen molar-refractivity contribution in [3.05, 3.63) is 60.5 Å². The van der Waals surface area contributed by atoms with E-state index in [9.17, 15) is 9.50 Å². The lowest BCUT2D eigenvalue weighted by Crippen LogP contribution is -2.23. The van der Waals surface area contributed by atoms with Crippen molar-refractivity contribution in [1.82, 2.24) is 15.0 Å². The maximum atomic E-state index is 13.3. The lowest BCUT2D eigenvalue weighted by atomic mass is 10.1. The fourth-order valence-corrected chi connectivity index (χ4v) is 4.59. The molecule has 0 spiro atoms. The van der Waals surface area contributed by atoms with Crippen molar-refractivity contribution in [2.24, 2.45) is 0 Å². The molecule has 8 heteroatoms. The van der Waals surface area contributed by atoms with E-state index in [1.54, 1.807) is 19.2 Å². The highest BCUT2D eigenvalue weighted by molar-refractivity contribution is 7.99. The smallest absolute Gasteiger partial charge is 0.214 e. The van der Waals surface area contributed by atoms with Gasteiger partial charge in [-0.2, -0.15) is 4.98 Å². The summed E-state index contributed by atoms with van der Waals surface area (Å²) in [7, 11) is 1.59. The van der Waals surface area contributed by atoms with Crippen molar-refractivity contribution in [2.75, 3.05) is 25.1 Å². The van der Waals surface area contributed by atoms with Crippen molar-refractivity contribution in [3.8, 4) is 17.1 Å². The van der Waals surface area contributed by atoms with Gasteiger partial charge < -0.3 is 19.7 Å². The summed E-state index contributed by atoms with van der Waals surface area (Å²) in [6.45, 7) is 1.30. The van der Waals surface area contributed by atoms with Crippen molar-refractivity contribution in [1.29, 1.82) is 0 Å². The number of nitrogens with one attached hydrogen (secondary N) is 1. The van der Waals surface area contributed by atoms with Gasteiger partial charge in [-0.25, -0.2) is 9.37 Å². The van der Waals surface area contributed by atoms with Crippen LogP contribution in [0.5, 0.6) is 5.88 Å². The summed E-state index contributed by atoms with van der Waals surface area (Å²) in [6.07, 6.45) is 2.19. The number of H-pyrrole nitrogens is 1. The molecule has 1 aliphatic heterocycles. The summed E-state index contributed by atoms with van der Waals surface area (Å²) in [5, 5.41) is 11.0. The molecule has 0 bridgehead atoms. The minimum absolute atomic E-state index is 0.257. The molecule has 1 aliphatic rings. The van der Waals surface area contributed by atoms with Gasteiger partial charge in [0.1, 0.15) is 17.3 Å². The van der Waals surface area contributed by atoms with Gasteiger partial charge in [0, 0.05) is 46.1 Å². The SMILES string of the molecule is COc1ccc2cc(-c3cc(Sc4ccc(F)cc4)cnc3N3CCC(O)C3)[nH]c2n1. The van der Waals surface area contributed by atoms with Gasteiger partial charge in [-0.05, 0) is 48.9 Å². The number of fused-ring (bicyclic) bond motifs is 1. The molecule has 1 unspecified atom stereocenters. The fraction of sp³-hybridized carbons (Fsp3) is 0.217. The van der Waals surface area contributed by atoms with Gasteiger partial charge in [-0.15, -0.1) is 0 Å². The maximum Gasteiger partial charge on any atom is 0.214 e. The summed E-state index contributed by atoms with van der Waals surface area (Å²) >= 11 is 1.52. The van der Waals surface area contributed by atoms with Crippen LogP contribution in [-0.2, 0) is 0 Å². The van der Waals surface area contributed by atoms with Crippen LogP contribution >= 0.6 is 11.8 Å². The molecule has 1 aromatic carbocycles. The topological polar surface area (TPSA) is 74.3 Å². The predicted octanol–water partition coefficient (Wildman–Crippen LogP) is 4.49. The fourth-order valence-electron chi connectivity index (χ4n) is 3.76. The normalized spacial score (nSPS) is 16.2. The number of hydrogen-bond donors (Lipinski definition) is 2. The standard InChI is InChI=1S/C23H21FN4O2S/c1-30-21-7-2-14-10-20(26-22(14)27-21)19-11-18(31-17-5-3-15(24)4-6-17)12-25-23(19)28-9-8-16(29)13-28/h2-7,10-12,16,29H,8-9,13H2,1H3,(H,26,27). The Kier molecular flexibility index (Phi) is 5.25. The average Bonchev–Trinajstić information content (AvgIpc) is 3.41. The third kappa shape index (κ3) is 4.08. The van der Waals surface area contributed by atoms with Gasteiger partial charge in [-0.1, -0.05) is 11.8 Å². The minimum Gasteiger partial charge on any atom is -0.481 e. The van der Waals surface area contributed by atoms with E-state index >= 15 is 0 Å². The van der Waals surface area contributed by atoms with E-state index in [2.05, 4.69) is 20.9 Å². The number of hydrogen-bond acceptors (Lipinski definition) is 6. The van der Waals surface area contributed by atoms with Gasteiger partial charge in [0.05, 0.1) is 18.9 Å². The van der Waals surface area contributed by atoms with Crippen LogP contribution in [0, 0.1) is 5.82 Å². The Morgan fingerprint density at radius 1 is 1.16 bits per heavy atom. The maximum absolute atomic E-state index is 13.3. The first-order valence-corrected chi connectivity index (χ1v) is 10.8. The molecule has 4 heterocycles. The second-order valence-electron chi connectivity index (χ2n) is 7.46. The molecule has 31 heavy (non-hydrogen) atoms. The van der Waals surface area contributed by atoms with E-state index in [-0.39, 0.29) is 11.9 Å². The quantitative estimate of drug-likeness (QED) is 0.480. The molecular weight excluding hydrogens is 415 g/mol. The van der Waals surface area contributed by atoms with Crippen LogP contribution in [0.3, 0.4) is 0 Å². The van der Waals surface area contributed by atoms with Gasteiger partial charge >= 0.3 is 0 Å². The summed E-state index contributed by atoms with van der Waals surface area (Å²) in [5.74, 6) is 1.10. The van der Waals surface area contributed by atoms with E-state index in [0.29, 0.717) is 12.4 Å². The number of aromatic nitrogens is 3. The molecule has 6 nitrogen and oxygen atoms in total. The number of aliphatic hydroxyl groups is 1. The molecule has 4 aromatic rings. The van der Waals surface area contributed by atoms with E-state index in [1.807, 2.05) is 24.4 Å². The van der Waals surface area contributed by atoms with E-state index in [1.165, 1.54) is 23.9 Å². The van der Waals surface area contributed by atoms with Crippen LogP contribution in [0.15, 0.2) is 64.5 Å². The summed E-state index contributed by atoms with van der Waals surface area (Å²) in [5.41, 5.74) is 2.55. The molecule has 5 rings (SSSR count). The Hall–Kier alpha value is -3.10. The number of anilines is 1. The van der Waals surface area contributed by atoms with Crippen molar-refractivity contribution in [3.63, 3.8) is 0 Å². The Morgan fingerprint density at radius 3 is 2.74 bits per heavy atom. The molecule has 1 saturated heterocycles. The van der Waals surface area contributed by atoms with Crippen molar-refractivity contribution >= 4 is 28.6 Å². The molecule has 0 amide bonds. The molecule has 0 aliphatic carbocycles. The number of β-amino-alcohol motifs (C(OH)–C–C–N with tert-alkyl or cyclic N) is 1. The number of pyridine rings is 2. The molecule has 1 atom stereocenters. The lowest BCUT2D eigenvalue weighted by molar-refractivity contribution is 0.198. The first-order chi connectivity index (χ1) is 15.1. The monoisotopic (exact) mass is 436 g/mol. The number of methoxy groups -OCH3 is 1. The Bertz CT molecular complexity index is 1230. The largest absolute Gasteiger partial charge is 0.481 e. The van der Waals surface area contributed by atoms with Gasteiger partial charge in [0.15, 0.2) is 0 Å². The summed E-state index contributed by atoms with van der Waals surface area (Å²) in [4.78, 5) is 16.6. The predicted molar refractivity (Wildman–Crippen MR) is 119 cm³/mol. The van der Waals surface area contributed by atoms with E-state index < -0.39 is 0 Å². The van der Waals surface area contributed by atoms with Crippen LogP contribution in [0.25, 0.3) is 22.3 Å². The molecule has 0 radical (unpaired) electrons. The molecule has 1 fully saturated rings. The third-order valence-electron chi connectivity index (χ3n) is 5.31. The lowest BCUT2D eigenvalue weighted by Gasteiger charge is -2.20. The number of benzene rings is 1. The molecule has 0 saturated carbocycles. The number of halogens is 1. The van der Waals surface area contributed by atoms with Crippen LogP contribution in [0.2, 0.25) is 0 Å². The zero-order valence-corrected chi connectivity index (χ0v) is 17.7. The molecule has 2 N–H and O–H groups in total. The minimum atomic E-state index is -0.350. The molecule has 3 aromatic heterocycles. The summed E-state index contributed by atoms with van der Waals surface area (Å²) in [6, 6.07) is 14.3. The van der Waals surface area contributed by atoms with E-state index in [4.69, 9.17) is 9.72 Å². The molecular formula is C23H21FN4O2S. The number of aromatic amines is 1.